The summed E-state index contributed by atoms with van der Waals surface area (Å²) in [5, 5.41) is 10.2. The van der Waals surface area contributed by atoms with Crippen LogP contribution in [0.2, 0.25) is 0 Å². The first-order valence-corrected chi connectivity index (χ1v) is 5.33. The van der Waals surface area contributed by atoms with Gasteiger partial charge >= 0.3 is 0 Å². The van der Waals surface area contributed by atoms with Gasteiger partial charge in [0, 0.05) is 18.0 Å². The first-order chi connectivity index (χ1) is 7.58. The second-order valence-electron chi connectivity index (χ2n) is 3.99. The SMILES string of the molecule is C[NH+](CCCC(=O)[O-])Cc1cccc(F)c1. The Balaban J connectivity index is 2.33. The minimum absolute atomic E-state index is 0.0838. The number of quaternary nitrogens is 1. The third kappa shape index (κ3) is 4.89. The van der Waals surface area contributed by atoms with E-state index in [1.807, 2.05) is 13.1 Å². The summed E-state index contributed by atoms with van der Waals surface area (Å²) in [7, 11) is 1.96. The van der Waals surface area contributed by atoms with E-state index in [4.69, 9.17) is 0 Å². The van der Waals surface area contributed by atoms with Crippen LogP contribution in [0.25, 0.3) is 0 Å². The molecule has 0 radical (unpaired) electrons. The number of carboxylic acid groups (broad SMARTS) is 1. The lowest BCUT2D eigenvalue weighted by Gasteiger charge is -2.14. The molecule has 3 nitrogen and oxygen atoms in total. The monoisotopic (exact) mass is 225 g/mol. The summed E-state index contributed by atoms with van der Waals surface area (Å²) in [5.41, 5.74) is 0.922. The lowest BCUT2D eigenvalue weighted by molar-refractivity contribution is -0.893. The van der Waals surface area contributed by atoms with Gasteiger partial charge < -0.3 is 14.8 Å². The van der Waals surface area contributed by atoms with E-state index in [-0.39, 0.29) is 12.2 Å². The zero-order chi connectivity index (χ0) is 12.0. The van der Waals surface area contributed by atoms with Crippen LogP contribution in [0, 0.1) is 5.82 Å². The number of nitrogens with one attached hydrogen (secondary N) is 1. The van der Waals surface area contributed by atoms with Crippen molar-refractivity contribution in [2.24, 2.45) is 0 Å². The van der Waals surface area contributed by atoms with Gasteiger partial charge in [-0.3, -0.25) is 0 Å². The number of aliphatic carboxylic acids is 1. The molecule has 0 aliphatic carbocycles. The first-order valence-electron chi connectivity index (χ1n) is 5.33. The molecule has 16 heavy (non-hydrogen) atoms. The quantitative estimate of drug-likeness (QED) is 0.700. The highest BCUT2D eigenvalue weighted by Gasteiger charge is 2.04. The van der Waals surface area contributed by atoms with Crippen LogP contribution in [0.3, 0.4) is 0 Å². The predicted molar refractivity (Wildman–Crippen MR) is 56.1 cm³/mol. The fourth-order valence-corrected chi connectivity index (χ4v) is 1.62. The van der Waals surface area contributed by atoms with Crippen LogP contribution in [0.1, 0.15) is 18.4 Å². The molecule has 0 bridgehead atoms. The lowest BCUT2D eigenvalue weighted by Crippen LogP contribution is -3.07. The van der Waals surface area contributed by atoms with Crippen molar-refractivity contribution >= 4 is 5.97 Å². The molecule has 0 amide bonds. The minimum Gasteiger partial charge on any atom is -0.550 e. The van der Waals surface area contributed by atoms with Gasteiger partial charge in [0.05, 0.1) is 13.6 Å². The molecule has 1 aromatic rings. The lowest BCUT2D eigenvalue weighted by atomic mass is 10.2. The minimum atomic E-state index is -1.02. The van der Waals surface area contributed by atoms with Crippen molar-refractivity contribution in [1.29, 1.82) is 0 Å². The smallest absolute Gasteiger partial charge is 0.123 e. The summed E-state index contributed by atoms with van der Waals surface area (Å²) >= 11 is 0. The molecule has 88 valence electrons. The van der Waals surface area contributed by atoms with Gasteiger partial charge in [0.1, 0.15) is 12.4 Å². The van der Waals surface area contributed by atoms with Crippen LogP contribution < -0.4 is 10.0 Å². The first kappa shape index (κ1) is 12.6. The molecule has 0 saturated carbocycles. The summed E-state index contributed by atoms with van der Waals surface area (Å²) < 4.78 is 12.9. The van der Waals surface area contributed by atoms with Crippen molar-refractivity contribution < 1.29 is 19.2 Å². The van der Waals surface area contributed by atoms with Crippen LogP contribution in [-0.4, -0.2) is 19.6 Å². The van der Waals surface area contributed by atoms with E-state index in [1.54, 1.807) is 6.07 Å². The molecule has 0 aliphatic rings. The topological polar surface area (TPSA) is 44.6 Å². The molecule has 4 heteroatoms. The van der Waals surface area contributed by atoms with E-state index in [2.05, 4.69) is 0 Å². The van der Waals surface area contributed by atoms with Gasteiger partial charge in [0.25, 0.3) is 0 Å². The molecule has 1 rings (SSSR count). The van der Waals surface area contributed by atoms with Crippen molar-refractivity contribution in [3.8, 4) is 0 Å². The molecule has 0 aliphatic heterocycles. The number of rotatable bonds is 6. The maximum absolute atomic E-state index is 12.9. The van der Waals surface area contributed by atoms with Crippen LogP contribution in [0.15, 0.2) is 24.3 Å². The molecular weight excluding hydrogens is 209 g/mol. The van der Waals surface area contributed by atoms with E-state index >= 15 is 0 Å². The molecule has 0 heterocycles. The van der Waals surface area contributed by atoms with Gasteiger partial charge in [0.15, 0.2) is 0 Å². The van der Waals surface area contributed by atoms with E-state index in [0.717, 1.165) is 17.0 Å². The molecule has 1 unspecified atom stereocenters. The Labute approximate surface area is 94.5 Å². The zero-order valence-corrected chi connectivity index (χ0v) is 9.33. The second kappa shape index (κ2) is 6.23. The molecule has 1 atom stereocenters. The van der Waals surface area contributed by atoms with Gasteiger partial charge in [-0.15, -0.1) is 0 Å². The number of carbonyl (C=O) groups excluding carboxylic acids is 1. The van der Waals surface area contributed by atoms with Crippen LogP contribution in [-0.2, 0) is 11.3 Å². The Bertz CT molecular complexity index is 355. The van der Waals surface area contributed by atoms with E-state index in [1.165, 1.54) is 12.1 Å². The van der Waals surface area contributed by atoms with Crippen LogP contribution in [0.4, 0.5) is 4.39 Å². The number of carboxylic acids is 1. The highest BCUT2D eigenvalue weighted by atomic mass is 19.1. The normalized spacial score (nSPS) is 12.4. The van der Waals surface area contributed by atoms with Gasteiger partial charge in [-0.1, -0.05) is 12.1 Å². The number of carbonyl (C=O) groups is 1. The van der Waals surface area contributed by atoms with Crippen molar-refractivity contribution in [2.75, 3.05) is 13.6 Å². The fraction of sp³-hybridized carbons (Fsp3) is 0.417. The molecule has 0 spiro atoms. The molecular formula is C12H16FNO2. The van der Waals surface area contributed by atoms with E-state index < -0.39 is 5.97 Å². The summed E-state index contributed by atoms with van der Waals surface area (Å²) in [5.74, 6) is -1.25. The van der Waals surface area contributed by atoms with E-state index in [0.29, 0.717) is 13.0 Å². The average molecular weight is 225 g/mol. The molecule has 1 aromatic carbocycles. The Hall–Kier alpha value is -1.42. The summed E-state index contributed by atoms with van der Waals surface area (Å²) in [6.45, 7) is 1.44. The summed E-state index contributed by atoms with van der Waals surface area (Å²) in [6.07, 6.45) is 0.671. The zero-order valence-electron chi connectivity index (χ0n) is 9.33. The highest BCUT2D eigenvalue weighted by Crippen LogP contribution is 2.01. The number of halogens is 1. The van der Waals surface area contributed by atoms with Crippen LogP contribution >= 0.6 is 0 Å². The van der Waals surface area contributed by atoms with Crippen molar-refractivity contribution in [1.82, 2.24) is 0 Å². The fourth-order valence-electron chi connectivity index (χ4n) is 1.62. The maximum Gasteiger partial charge on any atom is 0.123 e. The Kier molecular flexibility index (Phi) is 4.92. The summed E-state index contributed by atoms with van der Waals surface area (Å²) in [4.78, 5) is 11.4. The van der Waals surface area contributed by atoms with Crippen molar-refractivity contribution in [3.63, 3.8) is 0 Å². The third-order valence-electron chi connectivity index (χ3n) is 2.38. The third-order valence-corrected chi connectivity index (χ3v) is 2.38. The Morgan fingerprint density at radius 3 is 2.88 bits per heavy atom. The number of benzene rings is 1. The Morgan fingerprint density at radius 1 is 1.50 bits per heavy atom. The van der Waals surface area contributed by atoms with Gasteiger partial charge in [0.2, 0.25) is 0 Å². The van der Waals surface area contributed by atoms with E-state index in [9.17, 15) is 14.3 Å². The van der Waals surface area contributed by atoms with Gasteiger partial charge in [-0.25, -0.2) is 4.39 Å². The molecule has 0 aromatic heterocycles. The number of hydrogen-bond acceptors (Lipinski definition) is 2. The van der Waals surface area contributed by atoms with Crippen molar-refractivity contribution in [3.05, 3.63) is 35.6 Å². The maximum atomic E-state index is 12.9. The molecule has 1 N–H and O–H groups in total. The van der Waals surface area contributed by atoms with Gasteiger partial charge in [-0.2, -0.15) is 0 Å². The largest absolute Gasteiger partial charge is 0.550 e. The Morgan fingerprint density at radius 2 is 2.25 bits per heavy atom. The predicted octanol–water partition coefficient (Wildman–Crippen LogP) is -0.629. The highest BCUT2D eigenvalue weighted by molar-refractivity contribution is 5.64. The molecule has 0 saturated heterocycles. The summed E-state index contributed by atoms with van der Waals surface area (Å²) in [6, 6.07) is 6.46. The second-order valence-corrected chi connectivity index (χ2v) is 3.99. The average Bonchev–Trinajstić information content (AvgIpc) is 2.16. The number of hydrogen-bond donors (Lipinski definition) is 1. The van der Waals surface area contributed by atoms with Gasteiger partial charge in [-0.05, 0) is 18.6 Å². The standard InChI is InChI=1S/C12H16FNO2/c1-14(7-3-6-12(15)16)9-10-4-2-5-11(13)8-10/h2,4-5,8H,3,6-7,9H2,1H3,(H,15,16). The van der Waals surface area contributed by atoms with Crippen molar-refractivity contribution in [2.45, 2.75) is 19.4 Å². The molecule has 0 fully saturated rings. The van der Waals surface area contributed by atoms with Crippen LogP contribution in [0.5, 0.6) is 0 Å².